The normalized spacial score (nSPS) is 12.9. The van der Waals surface area contributed by atoms with Crippen molar-refractivity contribution in [3.8, 4) is 5.75 Å². The second kappa shape index (κ2) is 5.51. The smallest absolute Gasteiger partial charge is 0.198 e. The minimum Gasteiger partial charge on any atom is -0.492 e. The minimum absolute atomic E-state index is 0.129. The van der Waals surface area contributed by atoms with Crippen molar-refractivity contribution in [3.63, 3.8) is 0 Å². The summed E-state index contributed by atoms with van der Waals surface area (Å²) in [5, 5.41) is 0.435. The minimum atomic E-state index is -0.129. The van der Waals surface area contributed by atoms with Crippen molar-refractivity contribution in [1.29, 1.82) is 0 Å². The number of rotatable bonds is 2. The number of benzene rings is 2. The van der Waals surface area contributed by atoms with Crippen molar-refractivity contribution in [3.05, 3.63) is 61.0 Å². The molecule has 1 aliphatic heterocycles. The van der Waals surface area contributed by atoms with Crippen LogP contribution in [0.25, 0.3) is 0 Å². The largest absolute Gasteiger partial charge is 0.492 e. The first-order valence-electron chi connectivity index (χ1n) is 6.01. The van der Waals surface area contributed by atoms with E-state index in [1.807, 2.05) is 6.07 Å². The second-order valence-electron chi connectivity index (χ2n) is 4.49. The van der Waals surface area contributed by atoms with Gasteiger partial charge in [0, 0.05) is 20.9 Å². The zero-order valence-corrected chi connectivity index (χ0v) is 14.2. The summed E-state index contributed by atoms with van der Waals surface area (Å²) in [4.78, 5) is 12.7. The molecule has 0 fully saturated rings. The SMILES string of the molecule is O=C(c1cc(Br)ccc1Cl)c1cc(Br)cc2c1OCC2. The van der Waals surface area contributed by atoms with E-state index < -0.39 is 0 Å². The van der Waals surface area contributed by atoms with E-state index in [9.17, 15) is 4.79 Å². The number of fused-ring (bicyclic) bond motifs is 1. The van der Waals surface area contributed by atoms with Gasteiger partial charge in [-0.15, -0.1) is 0 Å². The van der Waals surface area contributed by atoms with Gasteiger partial charge in [0.05, 0.1) is 17.2 Å². The Labute approximate surface area is 138 Å². The fourth-order valence-electron chi connectivity index (χ4n) is 2.25. The van der Waals surface area contributed by atoms with E-state index in [2.05, 4.69) is 31.9 Å². The molecule has 0 N–H and O–H groups in total. The Morgan fingerprint density at radius 3 is 2.65 bits per heavy atom. The van der Waals surface area contributed by atoms with Gasteiger partial charge in [-0.1, -0.05) is 43.5 Å². The van der Waals surface area contributed by atoms with Crippen LogP contribution in [0, 0.1) is 0 Å². The molecular weight excluding hydrogens is 407 g/mol. The highest BCUT2D eigenvalue weighted by atomic mass is 79.9. The molecule has 2 aromatic carbocycles. The van der Waals surface area contributed by atoms with Crippen molar-refractivity contribution in [2.24, 2.45) is 0 Å². The van der Waals surface area contributed by atoms with Gasteiger partial charge in [-0.3, -0.25) is 4.79 Å². The summed E-state index contributed by atoms with van der Waals surface area (Å²) < 4.78 is 7.29. The van der Waals surface area contributed by atoms with Crippen LogP contribution in [-0.4, -0.2) is 12.4 Å². The average Bonchev–Trinajstić information content (AvgIpc) is 2.87. The van der Waals surface area contributed by atoms with Gasteiger partial charge in [0.1, 0.15) is 5.75 Å². The molecule has 0 saturated heterocycles. The van der Waals surface area contributed by atoms with Crippen LogP contribution in [0.1, 0.15) is 21.5 Å². The summed E-state index contributed by atoms with van der Waals surface area (Å²) in [5.74, 6) is 0.546. The molecule has 20 heavy (non-hydrogen) atoms. The van der Waals surface area contributed by atoms with Gasteiger partial charge in [-0.2, -0.15) is 0 Å². The first kappa shape index (κ1) is 14.1. The van der Waals surface area contributed by atoms with Gasteiger partial charge in [-0.25, -0.2) is 0 Å². The number of ketones is 1. The molecule has 0 spiro atoms. The fraction of sp³-hybridized carbons (Fsp3) is 0.133. The van der Waals surface area contributed by atoms with Crippen LogP contribution in [0.3, 0.4) is 0 Å². The number of carbonyl (C=O) groups excluding carboxylic acids is 1. The molecule has 102 valence electrons. The zero-order valence-electron chi connectivity index (χ0n) is 10.3. The van der Waals surface area contributed by atoms with E-state index in [-0.39, 0.29) is 5.78 Å². The van der Waals surface area contributed by atoms with Crippen LogP contribution < -0.4 is 4.74 Å². The Morgan fingerprint density at radius 2 is 1.85 bits per heavy atom. The lowest BCUT2D eigenvalue weighted by molar-refractivity contribution is 0.103. The van der Waals surface area contributed by atoms with Crippen LogP contribution in [0.15, 0.2) is 39.3 Å². The van der Waals surface area contributed by atoms with Crippen molar-refractivity contribution in [2.45, 2.75) is 6.42 Å². The molecule has 1 heterocycles. The van der Waals surface area contributed by atoms with Crippen molar-refractivity contribution in [1.82, 2.24) is 0 Å². The highest BCUT2D eigenvalue weighted by Crippen LogP contribution is 2.35. The zero-order chi connectivity index (χ0) is 14.3. The fourth-order valence-corrected chi connectivity index (χ4v) is 3.32. The first-order valence-corrected chi connectivity index (χ1v) is 7.97. The molecule has 2 nitrogen and oxygen atoms in total. The summed E-state index contributed by atoms with van der Waals surface area (Å²) in [6, 6.07) is 9.01. The molecule has 0 unspecified atom stereocenters. The third-order valence-corrected chi connectivity index (χ3v) is 4.45. The number of ether oxygens (including phenoxy) is 1. The molecule has 0 aromatic heterocycles. The lowest BCUT2D eigenvalue weighted by Crippen LogP contribution is -2.05. The summed E-state index contributed by atoms with van der Waals surface area (Å²) in [5.41, 5.74) is 2.07. The van der Waals surface area contributed by atoms with Gasteiger partial charge in [0.15, 0.2) is 5.78 Å². The third-order valence-electron chi connectivity index (χ3n) is 3.17. The van der Waals surface area contributed by atoms with Crippen LogP contribution in [0.4, 0.5) is 0 Å². The van der Waals surface area contributed by atoms with E-state index in [4.69, 9.17) is 16.3 Å². The maximum Gasteiger partial charge on any atom is 0.198 e. The maximum absolute atomic E-state index is 12.7. The predicted molar refractivity (Wildman–Crippen MR) is 85.9 cm³/mol. The maximum atomic E-state index is 12.7. The van der Waals surface area contributed by atoms with E-state index in [0.717, 1.165) is 20.9 Å². The molecular formula is C15H9Br2ClO2. The summed E-state index contributed by atoms with van der Waals surface area (Å²) in [7, 11) is 0. The third kappa shape index (κ3) is 2.52. The predicted octanol–water partition coefficient (Wildman–Crippen LogP) is 5.03. The second-order valence-corrected chi connectivity index (χ2v) is 6.73. The topological polar surface area (TPSA) is 26.3 Å². The molecule has 3 rings (SSSR count). The Bertz CT molecular complexity index is 713. The molecule has 0 aliphatic carbocycles. The van der Waals surface area contributed by atoms with E-state index in [1.165, 1.54) is 0 Å². The Morgan fingerprint density at radius 1 is 1.10 bits per heavy atom. The van der Waals surface area contributed by atoms with Gasteiger partial charge >= 0.3 is 0 Å². The van der Waals surface area contributed by atoms with Gasteiger partial charge < -0.3 is 4.74 Å². The molecule has 5 heteroatoms. The van der Waals surface area contributed by atoms with Gasteiger partial charge in [-0.05, 0) is 35.9 Å². The average molecular weight is 416 g/mol. The van der Waals surface area contributed by atoms with Crippen molar-refractivity contribution in [2.75, 3.05) is 6.61 Å². The van der Waals surface area contributed by atoms with Crippen molar-refractivity contribution < 1.29 is 9.53 Å². The Hall–Kier alpha value is -0.840. The molecule has 0 atom stereocenters. The summed E-state index contributed by atoms with van der Waals surface area (Å²) in [6.07, 6.45) is 0.821. The highest BCUT2D eigenvalue weighted by molar-refractivity contribution is 9.10. The standard InChI is InChI=1S/C15H9Br2ClO2/c16-9-1-2-13(18)11(6-9)14(19)12-7-10(17)5-8-3-4-20-15(8)12/h1-2,5-7H,3-4H2. The Balaban J connectivity index is 2.14. The number of hydrogen-bond acceptors (Lipinski definition) is 2. The van der Waals surface area contributed by atoms with E-state index in [1.54, 1.807) is 24.3 Å². The van der Waals surface area contributed by atoms with Gasteiger partial charge in [0.2, 0.25) is 0 Å². The number of hydrogen-bond donors (Lipinski definition) is 0. The lowest BCUT2D eigenvalue weighted by atomic mass is 10.00. The number of halogens is 3. The molecule has 2 aromatic rings. The summed E-state index contributed by atoms with van der Waals surface area (Å²) >= 11 is 12.9. The summed E-state index contributed by atoms with van der Waals surface area (Å²) in [6.45, 7) is 0.609. The van der Waals surface area contributed by atoms with Gasteiger partial charge in [0.25, 0.3) is 0 Å². The highest BCUT2D eigenvalue weighted by Gasteiger charge is 2.24. The molecule has 0 bridgehead atoms. The molecule has 0 amide bonds. The Kier molecular flexibility index (Phi) is 3.89. The van der Waals surface area contributed by atoms with Crippen molar-refractivity contribution >= 4 is 49.2 Å². The van der Waals surface area contributed by atoms with Crippen LogP contribution in [-0.2, 0) is 6.42 Å². The number of carbonyl (C=O) groups is 1. The van der Waals surface area contributed by atoms with Crippen LogP contribution in [0.2, 0.25) is 5.02 Å². The molecule has 0 saturated carbocycles. The van der Waals surface area contributed by atoms with E-state index >= 15 is 0 Å². The first-order chi connectivity index (χ1) is 9.56. The monoisotopic (exact) mass is 414 g/mol. The quantitative estimate of drug-likeness (QED) is 0.642. The van der Waals surface area contributed by atoms with E-state index in [0.29, 0.717) is 28.5 Å². The van der Waals surface area contributed by atoms with Crippen LogP contribution >= 0.6 is 43.5 Å². The molecule has 0 radical (unpaired) electrons. The lowest BCUT2D eigenvalue weighted by Gasteiger charge is -2.09. The molecule has 1 aliphatic rings. The van der Waals surface area contributed by atoms with Crippen LogP contribution in [0.5, 0.6) is 5.75 Å².